The van der Waals surface area contributed by atoms with Crippen LogP contribution in [0.1, 0.15) is 32.1 Å². The average molecular weight is 294 g/mol. The molecule has 7 nitrogen and oxygen atoms in total. The molecular weight excluding hydrogens is 272 g/mol. The molecule has 8 heteroatoms. The molecule has 0 unspecified atom stereocenters. The lowest BCUT2D eigenvalue weighted by Gasteiger charge is -2.33. The van der Waals surface area contributed by atoms with Gasteiger partial charge in [-0.2, -0.15) is 13.1 Å². The fraction of sp³-hybridized carbons (Fsp3) is 0.909. The Labute approximate surface area is 113 Å². The highest BCUT2D eigenvalue weighted by atomic mass is 32.2. The minimum Gasteiger partial charge on any atom is -0.481 e. The Bertz CT molecular complexity index is 390. The summed E-state index contributed by atoms with van der Waals surface area (Å²) >= 11 is 0. The van der Waals surface area contributed by atoms with Gasteiger partial charge in [0.25, 0.3) is 10.2 Å². The summed E-state index contributed by atoms with van der Waals surface area (Å²) in [6, 6.07) is 0. The van der Waals surface area contributed by atoms with E-state index in [-0.39, 0.29) is 19.7 Å². The van der Waals surface area contributed by atoms with E-state index in [1.165, 1.54) is 7.11 Å². The number of carbonyl (C=O) groups is 1. The Hall–Kier alpha value is -0.700. The molecule has 1 aliphatic carbocycles. The molecule has 0 atom stereocenters. The third-order valence-corrected chi connectivity index (χ3v) is 4.57. The van der Waals surface area contributed by atoms with E-state index in [0.29, 0.717) is 12.8 Å². The number of hydrogen-bond donors (Lipinski definition) is 3. The molecule has 0 aliphatic heterocycles. The maximum absolute atomic E-state index is 11.6. The van der Waals surface area contributed by atoms with Gasteiger partial charge in [0, 0.05) is 20.2 Å². The summed E-state index contributed by atoms with van der Waals surface area (Å²) in [6.07, 6.45) is 3.69. The minimum atomic E-state index is -3.67. The first kappa shape index (κ1) is 16.4. The molecule has 112 valence electrons. The quantitative estimate of drug-likeness (QED) is 0.550. The van der Waals surface area contributed by atoms with E-state index in [4.69, 9.17) is 4.74 Å². The highest BCUT2D eigenvalue weighted by molar-refractivity contribution is 7.87. The molecule has 1 saturated carbocycles. The van der Waals surface area contributed by atoms with E-state index in [1.54, 1.807) is 0 Å². The number of rotatable bonds is 8. The van der Waals surface area contributed by atoms with E-state index < -0.39 is 21.6 Å². The van der Waals surface area contributed by atoms with Crippen LogP contribution in [0, 0.1) is 5.41 Å². The van der Waals surface area contributed by atoms with E-state index in [1.807, 2.05) is 0 Å². The first-order valence-corrected chi connectivity index (χ1v) is 7.87. The molecule has 0 radical (unpaired) electrons. The fourth-order valence-electron chi connectivity index (χ4n) is 2.26. The van der Waals surface area contributed by atoms with Crippen LogP contribution in [0.2, 0.25) is 0 Å². The van der Waals surface area contributed by atoms with Gasteiger partial charge in [-0.1, -0.05) is 19.3 Å². The number of carboxylic acids is 1. The molecule has 19 heavy (non-hydrogen) atoms. The summed E-state index contributed by atoms with van der Waals surface area (Å²) in [7, 11) is -2.19. The highest BCUT2D eigenvalue weighted by Crippen LogP contribution is 2.36. The summed E-state index contributed by atoms with van der Waals surface area (Å²) in [4.78, 5) is 11.4. The van der Waals surface area contributed by atoms with E-state index in [0.717, 1.165) is 19.3 Å². The Morgan fingerprint density at radius 3 is 2.42 bits per heavy atom. The van der Waals surface area contributed by atoms with Crippen molar-refractivity contribution in [1.29, 1.82) is 0 Å². The molecule has 1 fully saturated rings. The van der Waals surface area contributed by atoms with Crippen molar-refractivity contribution in [3.63, 3.8) is 0 Å². The predicted molar refractivity (Wildman–Crippen MR) is 70.0 cm³/mol. The Kier molecular flexibility index (Phi) is 6.18. The smallest absolute Gasteiger partial charge is 0.310 e. The molecule has 0 aromatic rings. The lowest BCUT2D eigenvalue weighted by atomic mass is 9.74. The average Bonchev–Trinajstić information content (AvgIpc) is 2.38. The topological polar surface area (TPSA) is 105 Å². The van der Waals surface area contributed by atoms with Crippen LogP contribution in [0.15, 0.2) is 0 Å². The first-order chi connectivity index (χ1) is 8.92. The summed E-state index contributed by atoms with van der Waals surface area (Å²) in [5, 5.41) is 9.32. The van der Waals surface area contributed by atoms with Gasteiger partial charge in [-0.15, -0.1) is 0 Å². The van der Waals surface area contributed by atoms with Crippen LogP contribution in [-0.4, -0.2) is 46.3 Å². The second-order valence-corrected chi connectivity index (χ2v) is 6.44. The van der Waals surface area contributed by atoms with E-state index in [9.17, 15) is 18.3 Å². The van der Waals surface area contributed by atoms with Crippen molar-refractivity contribution < 1.29 is 23.1 Å². The first-order valence-electron chi connectivity index (χ1n) is 6.38. The summed E-state index contributed by atoms with van der Waals surface area (Å²) in [5.41, 5.74) is -0.964. The SMILES string of the molecule is COCCNS(=O)(=O)NCC1(C(=O)O)CCCCC1. The zero-order chi connectivity index (χ0) is 14.4. The highest BCUT2D eigenvalue weighted by Gasteiger charge is 2.40. The maximum atomic E-state index is 11.6. The lowest BCUT2D eigenvalue weighted by molar-refractivity contribution is -0.150. The van der Waals surface area contributed by atoms with Crippen LogP contribution in [0.3, 0.4) is 0 Å². The molecule has 3 N–H and O–H groups in total. The van der Waals surface area contributed by atoms with Crippen LogP contribution < -0.4 is 9.44 Å². The molecular formula is C11H22N2O5S. The summed E-state index contributed by atoms with van der Waals surface area (Å²) in [6.45, 7) is 0.363. The zero-order valence-corrected chi connectivity index (χ0v) is 12.0. The van der Waals surface area contributed by atoms with Gasteiger partial charge >= 0.3 is 5.97 Å². The zero-order valence-electron chi connectivity index (χ0n) is 11.1. The molecule has 0 spiro atoms. The molecule has 0 aromatic carbocycles. The molecule has 1 aliphatic rings. The number of methoxy groups -OCH3 is 1. The third kappa shape index (κ3) is 5.06. The van der Waals surface area contributed by atoms with Gasteiger partial charge in [0.2, 0.25) is 0 Å². The van der Waals surface area contributed by atoms with Gasteiger partial charge in [-0.05, 0) is 12.8 Å². The van der Waals surface area contributed by atoms with Crippen molar-refractivity contribution in [3.8, 4) is 0 Å². The van der Waals surface area contributed by atoms with Crippen molar-refractivity contribution in [2.24, 2.45) is 5.41 Å². The van der Waals surface area contributed by atoms with Crippen LogP contribution in [0.25, 0.3) is 0 Å². The standard InChI is InChI=1S/C11H22N2O5S/c1-18-8-7-12-19(16,17)13-9-11(10(14)15)5-3-2-4-6-11/h12-13H,2-9H2,1H3,(H,14,15). The second kappa shape index (κ2) is 7.18. The van der Waals surface area contributed by atoms with Gasteiger partial charge in [0.05, 0.1) is 12.0 Å². The number of nitrogens with one attached hydrogen (secondary N) is 2. The molecule has 0 saturated heterocycles. The molecule has 0 amide bonds. The monoisotopic (exact) mass is 294 g/mol. The van der Waals surface area contributed by atoms with Crippen molar-refractivity contribution in [2.75, 3.05) is 26.8 Å². The number of carboxylic acid groups (broad SMARTS) is 1. The predicted octanol–water partition coefficient (Wildman–Crippen LogP) is 0.0919. The largest absolute Gasteiger partial charge is 0.481 e. The van der Waals surface area contributed by atoms with Crippen LogP contribution in [-0.2, 0) is 19.7 Å². The molecule has 0 bridgehead atoms. The van der Waals surface area contributed by atoms with E-state index >= 15 is 0 Å². The minimum absolute atomic E-state index is 0.0648. The van der Waals surface area contributed by atoms with Gasteiger partial charge < -0.3 is 9.84 Å². The number of hydrogen-bond acceptors (Lipinski definition) is 4. The van der Waals surface area contributed by atoms with Crippen molar-refractivity contribution in [3.05, 3.63) is 0 Å². The van der Waals surface area contributed by atoms with Gasteiger partial charge in [0.1, 0.15) is 0 Å². The van der Waals surface area contributed by atoms with Gasteiger partial charge in [-0.3, -0.25) is 4.79 Å². The summed E-state index contributed by atoms with van der Waals surface area (Å²) < 4.78 is 32.7. The third-order valence-electron chi connectivity index (χ3n) is 3.46. The maximum Gasteiger partial charge on any atom is 0.310 e. The second-order valence-electron chi connectivity index (χ2n) is 4.86. The Morgan fingerprint density at radius 1 is 1.26 bits per heavy atom. The number of aliphatic carboxylic acids is 1. The van der Waals surface area contributed by atoms with Gasteiger partial charge in [-0.25, -0.2) is 4.72 Å². The normalized spacial score (nSPS) is 19.2. The van der Waals surface area contributed by atoms with Crippen molar-refractivity contribution in [2.45, 2.75) is 32.1 Å². The van der Waals surface area contributed by atoms with Crippen molar-refractivity contribution >= 4 is 16.2 Å². The van der Waals surface area contributed by atoms with Crippen molar-refractivity contribution in [1.82, 2.24) is 9.44 Å². The van der Waals surface area contributed by atoms with Crippen LogP contribution in [0.4, 0.5) is 0 Å². The lowest BCUT2D eigenvalue weighted by Crippen LogP contribution is -2.47. The number of ether oxygens (including phenoxy) is 1. The molecule has 0 aromatic heterocycles. The Balaban J connectivity index is 2.54. The Morgan fingerprint density at radius 2 is 1.89 bits per heavy atom. The summed E-state index contributed by atoms with van der Waals surface area (Å²) in [5.74, 6) is -0.924. The molecule has 1 rings (SSSR count). The van der Waals surface area contributed by atoms with Crippen LogP contribution in [0.5, 0.6) is 0 Å². The fourth-order valence-corrected chi connectivity index (χ4v) is 3.18. The van der Waals surface area contributed by atoms with E-state index in [2.05, 4.69) is 9.44 Å². The van der Waals surface area contributed by atoms with Crippen LogP contribution >= 0.6 is 0 Å². The van der Waals surface area contributed by atoms with Gasteiger partial charge in [0.15, 0.2) is 0 Å². The molecule has 0 heterocycles.